The van der Waals surface area contributed by atoms with Crippen molar-refractivity contribution >= 4 is 34.3 Å². The maximum Gasteiger partial charge on any atom is 0.341 e. The van der Waals surface area contributed by atoms with Crippen molar-refractivity contribution in [3.8, 4) is 0 Å². The van der Waals surface area contributed by atoms with Gasteiger partial charge in [-0.1, -0.05) is 6.42 Å². The molecule has 2 N–H and O–H groups in total. The zero-order valence-corrected chi connectivity index (χ0v) is 16.1. The Bertz CT molecular complexity index is 759. The van der Waals surface area contributed by atoms with Gasteiger partial charge in [-0.15, -0.1) is 11.3 Å². The van der Waals surface area contributed by atoms with Gasteiger partial charge >= 0.3 is 18.0 Å². The van der Waals surface area contributed by atoms with E-state index in [0.717, 1.165) is 23.3 Å². The second kappa shape index (κ2) is 6.90. The molecule has 2 atom stereocenters. The summed E-state index contributed by atoms with van der Waals surface area (Å²) in [4.78, 5) is 39.3. The fourth-order valence-electron chi connectivity index (χ4n) is 4.13. The highest BCUT2D eigenvalue weighted by Crippen LogP contribution is 2.49. The van der Waals surface area contributed by atoms with E-state index in [0.29, 0.717) is 23.5 Å². The van der Waals surface area contributed by atoms with Gasteiger partial charge in [0.05, 0.1) is 17.6 Å². The maximum absolute atomic E-state index is 12.7. The van der Waals surface area contributed by atoms with Crippen LogP contribution in [-0.4, -0.2) is 47.7 Å². The van der Waals surface area contributed by atoms with Crippen LogP contribution in [0.5, 0.6) is 0 Å². The molecule has 0 bridgehead atoms. The lowest BCUT2D eigenvalue weighted by Gasteiger charge is -2.23. The number of fused-ring (bicyclic) bond motifs is 1. The first-order chi connectivity index (χ1) is 12.3. The molecule has 3 rings (SSSR count). The number of nitrogens with zero attached hydrogens (tertiary/aromatic N) is 1. The molecule has 26 heavy (non-hydrogen) atoms. The van der Waals surface area contributed by atoms with Crippen LogP contribution in [-0.2, 0) is 9.53 Å². The second-order valence-electron chi connectivity index (χ2n) is 7.07. The average Bonchev–Trinajstić information content (AvgIpc) is 3.19. The third-order valence-electron chi connectivity index (χ3n) is 5.67. The van der Waals surface area contributed by atoms with Gasteiger partial charge in [-0.2, -0.15) is 0 Å². The number of carboxylic acids is 1. The molecule has 8 heteroatoms. The van der Waals surface area contributed by atoms with Gasteiger partial charge in [-0.3, -0.25) is 10.1 Å². The third kappa shape index (κ3) is 2.96. The Labute approximate surface area is 156 Å². The molecule has 1 aromatic heterocycles. The Kier molecular flexibility index (Phi) is 4.96. The van der Waals surface area contributed by atoms with Gasteiger partial charge < -0.3 is 14.7 Å². The van der Waals surface area contributed by atoms with Gasteiger partial charge in [0.2, 0.25) is 0 Å². The molecule has 1 saturated carbocycles. The fraction of sp³-hybridized carbons (Fsp3) is 0.611. The normalized spacial score (nSPS) is 24.4. The fourth-order valence-corrected chi connectivity index (χ4v) is 5.17. The quantitative estimate of drug-likeness (QED) is 0.782. The number of likely N-dealkylation sites (tertiary alicyclic amines) is 1. The SMILES string of the molecule is CCOC(=O)c1c(NC(=O)N2C[C@@H]3CCC[C@@]3(C(=O)O)C2)sc(C)c1C. The number of carbonyl (C=O) groups excluding carboxylic acids is 2. The van der Waals surface area contributed by atoms with Crippen LogP contribution in [0.2, 0.25) is 0 Å². The van der Waals surface area contributed by atoms with Gasteiger partial charge in [0.1, 0.15) is 5.00 Å². The number of ether oxygens (including phenoxy) is 1. The Morgan fingerprint density at radius 3 is 2.73 bits per heavy atom. The number of aliphatic carboxylic acids is 1. The van der Waals surface area contributed by atoms with Gasteiger partial charge in [0.15, 0.2) is 0 Å². The average molecular weight is 380 g/mol. The van der Waals surface area contributed by atoms with Crippen molar-refractivity contribution in [3.05, 3.63) is 16.0 Å². The Morgan fingerprint density at radius 1 is 1.38 bits per heavy atom. The molecule has 2 fully saturated rings. The molecule has 0 spiro atoms. The van der Waals surface area contributed by atoms with Gasteiger partial charge in [0, 0.05) is 18.0 Å². The predicted molar refractivity (Wildman–Crippen MR) is 97.8 cm³/mol. The lowest BCUT2D eigenvalue weighted by atomic mass is 9.81. The molecule has 7 nitrogen and oxygen atoms in total. The molecule has 0 aromatic carbocycles. The summed E-state index contributed by atoms with van der Waals surface area (Å²) >= 11 is 1.33. The summed E-state index contributed by atoms with van der Waals surface area (Å²) in [6.45, 7) is 6.37. The summed E-state index contributed by atoms with van der Waals surface area (Å²) in [6.07, 6.45) is 2.34. The molecule has 1 saturated heterocycles. The summed E-state index contributed by atoms with van der Waals surface area (Å²) in [6, 6.07) is -0.355. The number of aryl methyl sites for hydroxylation is 1. The number of nitrogens with one attached hydrogen (secondary N) is 1. The number of carbonyl (C=O) groups is 3. The second-order valence-corrected chi connectivity index (χ2v) is 8.29. The van der Waals surface area contributed by atoms with Gasteiger partial charge in [0.25, 0.3) is 0 Å². The van der Waals surface area contributed by atoms with Crippen LogP contribution in [0.1, 0.15) is 47.0 Å². The van der Waals surface area contributed by atoms with E-state index in [1.165, 1.54) is 11.3 Å². The first kappa shape index (κ1) is 18.7. The molecule has 2 heterocycles. The highest BCUT2D eigenvalue weighted by molar-refractivity contribution is 7.16. The number of rotatable bonds is 4. The Hall–Kier alpha value is -2.09. The number of urea groups is 1. The van der Waals surface area contributed by atoms with Crippen LogP contribution in [0.3, 0.4) is 0 Å². The maximum atomic E-state index is 12.7. The van der Waals surface area contributed by atoms with E-state index in [4.69, 9.17) is 4.74 Å². The van der Waals surface area contributed by atoms with E-state index in [1.807, 2.05) is 13.8 Å². The van der Waals surface area contributed by atoms with Crippen LogP contribution in [0.4, 0.5) is 9.80 Å². The number of carboxylic acid groups (broad SMARTS) is 1. The summed E-state index contributed by atoms with van der Waals surface area (Å²) < 4.78 is 5.10. The molecule has 142 valence electrons. The molecular weight excluding hydrogens is 356 g/mol. The van der Waals surface area contributed by atoms with Gasteiger partial charge in [-0.25, -0.2) is 9.59 Å². The van der Waals surface area contributed by atoms with Crippen molar-refractivity contribution in [2.45, 2.75) is 40.0 Å². The number of hydrogen-bond acceptors (Lipinski definition) is 5. The molecule has 2 amide bonds. The van der Waals surface area contributed by atoms with Crippen LogP contribution < -0.4 is 5.32 Å². The molecule has 2 aliphatic rings. The van der Waals surface area contributed by atoms with Crippen molar-refractivity contribution in [1.82, 2.24) is 4.90 Å². The zero-order valence-electron chi connectivity index (χ0n) is 15.3. The first-order valence-corrected chi connectivity index (χ1v) is 9.68. The van der Waals surface area contributed by atoms with Crippen molar-refractivity contribution in [2.24, 2.45) is 11.3 Å². The molecule has 0 radical (unpaired) electrons. The predicted octanol–water partition coefficient (Wildman–Crippen LogP) is 3.26. The number of anilines is 1. The number of esters is 1. The summed E-state index contributed by atoms with van der Waals surface area (Å²) in [5.41, 5.74) is 0.363. The molecular formula is C18H24N2O5S. The monoisotopic (exact) mass is 380 g/mol. The number of thiophene rings is 1. The van der Waals surface area contributed by atoms with Crippen LogP contribution in [0.25, 0.3) is 0 Å². The lowest BCUT2D eigenvalue weighted by molar-refractivity contribution is -0.149. The van der Waals surface area contributed by atoms with Crippen molar-refractivity contribution in [3.63, 3.8) is 0 Å². The van der Waals surface area contributed by atoms with E-state index in [9.17, 15) is 19.5 Å². The minimum atomic E-state index is -0.817. The molecule has 0 unspecified atom stereocenters. The Balaban J connectivity index is 1.78. The standard InChI is InChI=1S/C18H24N2O5S/c1-4-25-15(21)13-10(2)11(3)26-14(13)19-17(24)20-8-12-6-5-7-18(12,9-20)16(22)23/h12H,4-9H2,1-3H3,(H,19,24)(H,22,23)/t12-,18+/m0/s1. The van der Waals surface area contributed by atoms with E-state index in [1.54, 1.807) is 11.8 Å². The minimum absolute atomic E-state index is 0.00193. The van der Waals surface area contributed by atoms with Crippen molar-refractivity contribution < 1.29 is 24.2 Å². The largest absolute Gasteiger partial charge is 0.481 e. The van der Waals surface area contributed by atoms with Crippen molar-refractivity contribution in [2.75, 3.05) is 25.0 Å². The minimum Gasteiger partial charge on any atom is -0.481 e. The van der Waals surface area contributed by atoms with E-state index >= 15 is 0 Å². The summed E-state index contributed by atoms with van der Waals surface area (Å²) in [7, 11) is 0. The van der Waals surface area contributed by atoms with E-state index < -0.39 is 17.4 Å². The van der Waals surface area contributed by atoms with Crippen LogP contribution >= 0.6 is 11.3 Å². The Morgan fingerprint density at radius 2 is 2.12 bits per heavy atom. The highest BCUT2D eigenvalue weighted by Gasteiger charge is 2.55. The van der Waals surface area contributed by atoms with E-state index in [-0.39, 0.29) is 25.1 Å². The topological polar surface area (TPSA) is 95.9 Å². The smallest absolute Gasteiger partial charge is 0.341 e. The third-order valence-corrected chi connectivity index (χ3v) is 6.79. The first-order valence-electron chi connectivity index (χ1n) is 8.86. The summed E-state index contributed by atoms with van der Waals surface area (Å²) in [5.74, 6) is -1.27. The number of amides is 2. The van der Waals surface area contributed by atoms with Crippen molar-refractivity contribution in [1.29, 1.82) is 0 Å². The molecule has 1 aliphatic carbocycles. The van der Waals surface area contributed by atoms with E-state index in [2.05, 4.69) is 5.32 Å². The van der Waals surface area contributed by atoms with Crippen LogP contribution in [0, 0.1) is 25.2 Å². The van der Waals surface area contributed by atoms with Gasteiger partial charge in [-0.05, 0) is 45.1 Å². The lowest BCUT2D eigenvalue weighted by Crippen LogP contribution is -2.38. The van der Waals surface area contributed by atoms with Crippen LogP contribution in [0.15, 0.2) is 0 Å². The number of hydrogen-bond donors (Lipinski definition) is 2. The summed E-state index contributed by atoms with van der Waals surface area (Å²) in [5, 5.41) is 12.9. The molecule has 1 aromatic rings. The zero-order chi connectivity index (χ0) is 19.1. The highest BCUT2D eigenvalue weighted by atomic mass is 32.1. The molecule has 1 aliphatic heterocycles.